The molecule has 0 spiro atoms. The van der Waals surface area contributed by atoms with E-state index in [4.69, 9.17) is 5.73 Å². The molecule has 2 atom stereocenters. The highest BCUT2D eigenvalue weighted by Crippen LogP contribution is 2.24. The molecule has 0 bridgehead atoms. The predicted molar refractivity (Wildman–Crippen MR) is 66.0 cm³/mol. The molecule has 0 aliphatic carbocycles. The molecule has 94 valence electrons. The molecule has 2 unspecified atom stereocenters. The van der Waals surface area contributed by atoms with Crippen LogP contribution in [0.25, 0.3) is 0 Å². The van der Waals surface area contributed by atoms with E-state index in [1.54, 1.807) is 26.0 Å². The molecule has 0 radical (unpaired) electrons. The molecule has 0 aliphatic rings. The summed E-state index contributed by atoms with van der Waals surface area (Å²) in [6, 6.07) is 4.40. The lowest BCUT2D eigenvalue weighted by atomic mass is 10.1. The number of hydrogen-bond donors (Lipinski definition) is 3. The van der Waals surface area contributed by atoms with Crippen LogP contribution in [0, 0.1) is 17.0 Å². The second-order valence-corrected chi connectivity index (χ2v) is 3.99. The molecule has 0 aromatic heterocycles. The molecule has 0 saturated heterocycles. The maximum Gasteiger partial charge on any atom is 0.274 e. The van der Waals surface area contributed by atoms with Crippen LogP contribution in [0.15, 0.2) is 18.2 Å². The lowest BCUT2D eigenvalue weighted by Crippen LogP contribution is -2.38. The first-order chi connectivity index (χ1) is 7.93. The minimum Gasteiger partial charge on any atom is -0.392 e. The van der Waals surface area contributed by atoms with Gasteiger partial charge in [-0.15, -0.1) is 0 Å². The molecular formula is C11H17N3O3. The summed E-state index contributed by atoms with van der Waals surface area (Å²) in [4.78, 5) is 10.3. The third-order valence-corrected chi connectivity index (χ3v) is 2.65. The van der Waals surface area contributed by atoms with Gasteiger partial charge in [0.1, 0.15) is 0 Å². The Morgan fingerprint density at radius 1 is 1.59 bits per heavy atom. The fraction of sp³-hybridized carbons (Fsp3) is 0.455. The molecular weight excluding hydrogens is 222 g/mol. The van der Waals surface area contributed by atoms with E-state index in [-0.39, 0.29) is 5.69 Å². The normalized spacial score (nSPS) is 14.1. The first-order valence-corrected chi connectivity index (χ1v) is 5.35. The van der Waals surface area contributed by atoms with Gasteiger partial charge in [-0.25, -0.2) is 0 Å². The summed E-state index contributed by atoms with van der Waals surface area (Å²) in [6.07, 6.45) is -0.624. The van der Waals surface area contributed by atoms with Crippen LogP contribution in [0.5, 0.6) is 0 Å². The first-order valence-electron chi connectivity index (χ1n) is 5.35. The number of nitrogens with one attached hydrogen (secondary N) is 1. The van der Waals surface area contributed by atoms with Crippen LogP contribution in [0.1, 0.15) is 12.5 Å². The van der Waals surface area contributed by atoms with E-state index in [0.29, 0.717) is 17.8 Å². The number of nitrogens with zero attached hydrogens (tertiary/aromatic N) is 1. The van der Waals surface area contributed by atoms with Crippen molar-refractivity contribution < 1.29 is 10.0 Å². The second kappa shape index (κ2) is 5.60. The Bertz CT molecular complexity index is 407. The summed E-state index contributed by atoms with van der Waals surface area (Å²) < 4.78 is 0. The monoisotopic (exact) mass is 239 g/mol. The van der Waals surface area contributed by atoms with Crippen molar-refractivity contribution in [2.75, 3.05) is 11.9 Å². The number of anilines is 1. The fourth-order valence-corrected chi connectivity index (χ4v) is 1.41. The topological polar surface area (TPSA) is 101 Å². The zero-order chi connectivity index (χ0) is 13.0. The van der Waals surface area contributed by atoms with Crippen molar-refractivity contribution in [3.8, 4) is 0 Å². The largest absolute Gasteiger partial charge is 0.392 e. The molecule has 17 heavy (non-hydrogen) atoms. The molecule has 0 amide bonds. The zero-order valence-electron chi connectivity index (χ0n) is 9.88. The zero-order valence-corrected chi connectivity index (χ0v) is 9.88. The summed E-state index contributed by atoms with van der Waals surface area (Å²) in [5, 5.41) is 23.0. The standard InChI is InChI=1S/C11H17N3O3/c1-7-10(13-6-9(12)8(2)15)4-3-5-11(7)14(16)17/h3-5,8-9,13,15H,6,12H2,1-2H3. The van der Waals surface area contributed by atoms with E-state index < -0.39 is 17.1 Å². The number of nitro groups is 1. The molecule has 1 rings (SSSR count). The molecule has 6 nitrogen and oxygen atoms in total. The number of benzene rings is 1. The Balaban J connectivity index is 2.79. The summed E-state index contributed by atoms with van der Waals surface area (Å²) in [6.45, 7) is 3.64. The minimum absolute atomic E-state index is 0.0700. The van der Waals surface area contributed by atoms with Gasteiger partial charge in [0.05, 0.1) is 11.0 Å². The number of nitrogens with two attached hydrogens (primary N) is 1. The molecule has 6 heteroatoms. The predicted octanol–water partition coefficient (Wildman–Crippen LogP) is 1.02. The Morgan fingerprint density at radius 3 is 2.76 bits per heavy atom. The van der Waals surface area contributed by atoms with Gasteiger partial charge in [0.15, 0.2) is 0 Å². The fourth-order valence-electron chi connectivity index (χ4n) is 1.41. The minimum atomic E-state index is -0.624. The van der Waals surface area contributed by atoms with Crippen LogP contribution in [-0.4, -0.2) is 28.7 Å². The average molecular weight is 239 g/mol. The highest BCUT2D eigenvalue weighted by Gasteiger charge is 2.14. The molecule has 4 N–H and O–H groups in total. The van der Waals surface area contributed by atoms with Crippen LogP contribution in [0.2, 0.25) is 0 Å². The molecule has 0 saturated carbocycles. The lowest BCUT2D eigenvalue weighted by molar-refractivity contribution is -0.385. The van der Waals surface area contributed by atoms with Gasteiger partial charge >= 0.3 is 0 Å². The van der Waals surface area contributed by atoms with Crippen LogP contribution in [-0.2, 0) is 0 Å². The van der Waals surface area contributed by atoms with E-state index in [1.165, 1.54) is 6.07 Å². The van der Waals surface area contributed by atoms with E-state index in [1.807, 2.05) is 0 Å². The van der Waals surface area contributed by atoms with Gasteiger partial charge in [0, 0.05) is 29.9 Å². The van der Waals surface area contributed by atoms with Crippen molar-refractivity contribution in [1.82, 2.24) is 0 Å². The highest BCUT2D eigenvalue weighted by atomic mass is 16.6. The summed E-state index contributed by atoms with van der Waals surface area (Å²) in [5.74, 6) is 0. The van der Waals surface area contributed by atoms with Crippen molar-refractivity contribution in [3.05, 3.63) is 33.9 Å². The number of nitro benzene ring substituents is 1. The second-order valence-electron chi connectivity index (χ2n) is 3.99. The number of rotatable bonds is 5. The van der Waals surface area contributed by atoms with Gasteiger partial charge in [-0.3, -0.25) is 10.1 Å². The van der Waals surface area contributed by atoms with E-state index in [9.17, 15) is 15.2 Å². The third-order valence-electron chi connectivity index (χ3n) is 2.65. The van der Waals surface area contributed by atoms with Gasteiger partial charge in [-0.1, -0.05) is 6.07 Å². The van der Waals surface area contributed by atoms with Gasteiger partial charge in [-0.2, -0.15) is 0 Å². The first kappa shape index (κ1) is 13.4. The number of hydrogen-bond acceptors (Lipinski definition) is 5. The summed E-state index contributed by atoms with van der Waals surface area (Å²) in [7, 11) is 0. The number of aliphatic hydroxyl groups is 1. The Hall–Kier alpha value is -1.66. The molecule has 0 heterocycles. The smallest absolute Gasteiger partial charge is 0.274 e. The lowest BCUT2D eigenvalue weighted by Gasteiger charge is -2.17. The van der Waals surface area contributed by atoms with Crippen LogP contribution in [0.4, 0.5) is 11.4 Å². The van der Waals surface area contributed by atoms with Crippen LogP contribution >= 0.6 is 0 Å². The van der Waals surface area contributed by atoms with Crippen molar-refractivity contribution >= 4 is 11.4 Å². The molecule has 0 fully saturated rings. The maximum atomic E-state index is 10.7. The van der Waals surface area contributed by atoms with Gasteiger partial charge in [0.25, 0.3) is 5.69 Å². The quantitative estimate of drug-likeness (QED) is 0.526. The highest BCUT2D eigenvalue weighted by molar-refractivity contribution is 5.59. The summed E-state index contributed by atoms with van der Waals surface area (Å²) >= 11 is 0. The van der Waals surface area contributed by atoms with Crippen molar-refractivity contribution in [2.45, 2.75) is 26.0 Å². The molecule has 0 aliphatic heterocycles. The van der Waals surface area contributed by atoms with E-state index in [2.05, 4.69) is 5.32 Å². The van der Waals surface area contributed by atoms with Gasteiger partial charge < -0.3 is 16.2 Å². The Labute approximate surface area is 99.6 Å². The van der Waals surface area contributed by atoms with Crippen molar-refractivity contribution in [1.29, 1.82) is 0 Å². The Kier molecular flexibility index (Phi) is 4.42. The van der Waals surface area contributed by atoms with Gasteiger partial charge in [0.2, 0.25) is 0 Å². The van der Waals surface area contributed by atoms with Crippen molar-refractivity contribution in [2.24, 2.45) is 5.73 Å². The Morgan fingerprint density at radius 2 is 2.24 bits per heavy atom. The third kappa shape index (κ3) is 3.40. The van der Waals surface area contributed by atoms with Crippen LogP contribution in [0.3, 0.4) is 0 Å². The van der Waals surface area contributed by atoms with Crippen molar-refractivity contribution in [3.63, 3.8) is 0 Å². The van der Waals surface area contributed by atoms with E-state index in [0.717, 1.165) is 0 Å². The van der Waals surface area contributed by atoms with E-state index >= 15 is 0 Å². The van der Waals surface area contributed by atoms with Crippen LogP contribution < -0.4 is 11.1 Å². The molecule has 1 aromatic rings. The van der Waals surface area contributed by atoms with Gasteiger partial charge in [-0.05, 0) is 19.9 Å². The number of aliphatic hydroxyl groups excluding tert-OH is 1. The average Bonchev–Trinajstić information content (AvgIpc) is 2.26. The summed E-state index contributed by atoms with van der Waals surface area (Å²) in [5.41, 5.74) is 6.96. The SMILES string of the molecule is Cc1c(NCC(N)C(C)O)cccc1[N+](=O)[O-]. The maximum absolute atomic E-state index is 10.7. The molecule has 1 aromatic carbocycles.